The molecular weight excluding hydrogens is 209 g/mol. The Hall–Kier alpha value is -2.10. The molecule has 4 heteroatoms. The van der Waals surface area contributed by atoms with Crippen molar-refractivity contribution < 1.29 is 9.13 Å². The van der Waals surface area contributed by atoms with E-state index in [-0.39, 0.29) is 18.0 Å². The largest absolute Gasteiger partial charge is 0.487 e. The van der Waals surface area contributed by atoms with Crippen LogP contribution in [0.4, 0.5) is 4.39 Å². The van der Waals surface area contributed by atoms with Crippen molar-refractivity contribution in [3.8, 4) is 16.9 Å². The molecule has 1 N–H and O–H groups in total. The Morgan fingerprint density at radius 1 is 1.25 bits per heavy atom. The highest BCUT2D eigenvalue weighted by Gasteiger charge is 2.20. The fourth-order valence-corrected chi connectivity index (χ4v) is 1.90. The summed E-state index contributed by atoms with van der Waals surface area (Å²) in [7, 11) is 0. The van der Waals surface area contributed by atoms with Crippen LogP contribution in [0, 0.1) is 5.82 Å². The van der Waals surface area contributed by atoms with Gasteiger partial charge < -0.3 is 9.72 Å². The molecule has 0 fully saturated rings. The molecule has 0 amide bonds. The minimum absolute atomic E-state index is 0.206. The molecule has 0 bridgehead atoms. The fourth-order valence-electron chi connectivity index (χ4n) is 1.90. The second-order valence-corrected chi connectivity index (χ2v) is 3.62. The number of aromatic nitrogens is 1. The zero-order valence-electron chi connectivity index (χ0n) is 8.29. The number of H-pyrrole nitrogens is 1. The van der Waals surface area contributed by atoms with Crippen LogP contribution in [-0.4, -0.2) is 4.98 Å². The summed E-state index contributed by atoms with van der Waals surface area (Å²) >= 11 is 0. The van der Waals surface area contributed by atoms with Gasteiger partial charge in [-0.05, 0) is 18.2 Å². The maximum Gasteiger partial charge on any atom is 0.248 e. The molecule has 1 aromatic carbocycles. The van der Waals surface area contributed by atoms with Crippen molar-refractivity contribution in [1.82, 2.24) is 4.98 Å². The van der Waals surface area contributed by atoms with Crippen LogP contribution in [0.15, 0.2) is 35.1 Å². The maximum absolute atomic E-state index is 13.7. The average Bonchev–Trinajstić information content (AvgIpc) is 2.29. The molecule has 2 heterocycles. The van der Waals surface area contributed by atoms with Crippen molar-refractivity contribution in [2.24, 2.45) is 0 Å². The highest BCUT2D eigenvalue weighted by Crippen LogP contribution is 2.37. The predicted octanol–water partition coefficient (Wildman–Crippen LogP) is 2.07. The molecule has 1 aromatic heterocycles. The topological polar surface area (TPSA) is 42.1 Å². The van der Waals surface area contributed by atoms with Gasteiger partial charge in [-0.3, -0.25) is 4.79 Å². The summed E-state index contributed by atoms with van der Waals surface area (Å²) in [6.07, 6.45) is 0. The third-order valence-corrected chi connectivity index (χ3v) is 2.62. The molecule has 3 rings (SSSR count). The third kappa shape index (κ3) is 1.23. The minimum atomic E-state index is -0.342. The summed E-state index contributed by atoms with van der Waals surface area (Å²) in [5.74, 6) is 0.171. The molecule has 0 saturated carbocycles. The molecule has 1 aliphatic heterocycles. The van der Waals surface area contributed by atoms with Crippen molar-refractivity contribution >= 4 is 0 Å². The van der Waals surface area contributed by atoms with Crippen LogP contribution in [0.2, 0.25) is 0 Å². The molecule has 80 valence electrons. The van der Waals surface area contributed by atoms with Crippen molar-refractivity contribution in [1.29, 1.82) is 0 Å². The second kappa shape index (κ2) is 3.20. The van der Waals surface area contributed by atoms with E-state index in [1.54, 1.807) is 18.2 Å². The number of hydrogen-bond donors (Lipinski definition) is 1. The molecule has 0 spiro atoms. The van der Waals surface area contributed by atoms with Gasteiger partial charge in [-0.25, -0.2) is 4.39 Å². The summed E-state index contributed by atoms with van der Waals surface area (Å²) < 4.78 is 19.1. The molecule has 0 saturated heterocycles. The standard InChI is InChI=1S/C12H8FNO2/c13-8-2-1-3-10-12(8)7-4-5-11(15)14-9(7)6-16-10/h1-5H,6H2,(H,14,15). The summed E-state index contributed by atoms with van der Waals surface area (Å²) in [6, 6.07) is 7.71. The normalized spacial score (nSPS) is 12.6. The van der Waals surface area contributed by atoms with Crippen molar-refractivity contribution in [3.63, 3.8) is 0 Å². The first-order valence-electron chi connectivity index (χ1n) is 4.89. The Bertz CT molecular complexity index is 619. The third-order valence-electron chi connectivity index (χ3n) is 2.62. The quantitative estimate of drug-likeness (QED) is 0.734. The van der Waals surface area contributed by atoms with Gasteiger partial charge in [0.1, 0.15) is 18.2 Å². The van der Waals surface area contributed by atoms with E-state index in [0.717, 1.165) is 0 Å². The molecule has 16 heavy (non-hydrogen) atoms. The second-order valence-electron chi connectivity index (χ2n) is 3.62. The van der Waals surface area contributed by atoms with Crippen molar-refractivity contribution in [3.05, 3.63) is 52.2 Å². The van der Waals surface area contributed by atoms with Gasteiger partial charge in [0, 0.05) is 11.6 Å². The average molecular weight is 217 g/mol. The van der Waals surface area contributed by atoms with Gasteiger partial charge in [0.15, 0.2) is 0 Å². The number of hydrogen-bond acceptors (Lipinski definition) is 2. The predicted molar refractivity (Wildman–Crippen MR) is 56.8 cm³/mol. The van der Waals surface area contributed by atoms with Crippen LogP contribution in [0.3, 0.4) is 0 Å². The van der Waals surface area contributed by atoms with E-state index in [9.17, 15) is 9.18 Å². The number of rotatable bonds is 0. The first kappa shape index (κ1) is 9.15. The molecule has 0 radical (unpaired) electrons. The number of aromatic amines is 1. The number of halogens is 1. The van der Waals surface area contributed by atoms with E-state index < -0.39 is 0 Å². The Morgan fingerprint density at radius 2 is 2.12 bits per heavy atom. The Labute approximate surface area is 90.5 Å². The lowest BCUT2D eigenvalue weighted by atomic mass is 10.0. The van der Waals surface area contributed by atoms with E-state index >= 15 is 0 Å². The molecule has 1 aliphatic rings. The van der Waals surface area contributed by atoms with Crippen LogP contribution in [0.1, 0.15) is 5.69 Å². The summed E-state index contributed by atoms with van der Waals surface area (Å²) in [4.78, 5) is 13.8. The highest BCUT2D eigenvalue weighted by molar-refractivity contribution is 5.74. The van der Waals surface area contributed by atoms with E-state index in [4.69, 9.17) is 4.74 Å². The number of ether oxygens (including phenoxy) is 1. The van der Waals surface area contributed by atoms with Crippen molar-refractivity contribution in [2.75, 3.05) is 0 Å². The van der Waals surface area contributed by atoms with Crippen LogP contribution < -0.4 is 10.3 Å². The molecule has 2 aromatic rings. The summed E-state index contributed by atoms with van der Waals surface area (Å²) in [5, 5.41) is 0. The van der Waals surface area contributed by atoms with E-state index in [2.05, 4.69) is 4.98 Å². The number of fused-ring (bicyclic) bond motifs is 3. The monoisotopic (exact) mass is 217 g/mol. The van der Waals surface area contributed by atoms with Crippen LogP contribution >= 0.6 is 0 Å². The zero-order chi connectivity index (χ0) is 11.1. The van der Waals surface area contributed by atoms with Gasteiger partial charge >= 0.3 is 0 Å². The number of benzene rings is 1. The first-order chi connectivity index (χ1) is 7.75. The Balaban J connectivity index is 2.34. The van der Waals surface area contributed by atoms with E-state index in [1.165, 1.54) is 12.1 Å². The molecule has 3 nitrogen and oxygen atoms in total. The summed E-state index contributed by atoms with van der Waals surface area (Å²) in [5.41, 5.74) is 1.52. The molecule has 0 atom stereocenters. The lowest BCUT2D eigenvalue weighted by molar-refractivity contribution is 0.295. The van der Waals surface area contributed by atoms with Gasteiger partial charge in [-0.1, -0.05) is 6.07 Å². The lowest BCUT2D eigenvalue weighted by Gasteiger charge is -2.20. The Morgan fingerprint density at radius 3 is 3.00 bits per heavy atom. The fraction of sp³-hybridized carbons (Fsp3) is 0.0833. The van der Waals surface area contributed by atoms with Gasteiger partial charge in [0.25, 0.3) is 0 Å². The Kier molecular flexibility index (Phi) is 1.83. The van der Waals surface area contributed by atoms with Gasteiger partial charge in [0.2, 0.25) is 5.56 Å². The van der Waals surface area contributed by atoms with Crippen LogP contribution in [0.25, 0.3) is 11.1 Å². The first-order valence-corrected chi connectivity index (χ1v) is 4.89. The van der Waals surface area contributed by atoms with E-state index in [0.29, 0.717) is 22.6 Å². The number of pyridine rings is 1. The van der Waals surface area contributed by atoms with Gasteiger partial charge in [0.05, 0.1) is 11.3 Å². The zero-order valence-corrected chi connectivity index (χ0v) is 8.29. The van der Waals surface area contributed by atoms with Gasteiger partial charge in [-0.15, -0.1) is 0 Å². The maximum atomic E-state index is 13.7. The van der Waals surface area contributed by atoms with Crippen LogP contribution in [0.5, 0.6) is 5.75 Å². The van der Waals surface area contributed by atoms with Crippen molar-refractivity contribution in [2.45, 2.75) is 6.61 Å². The SMILES string of the molecule is O=c1ccc2c([nH]1)COc1cccc(F)c1-2. The highest BCUT2D eigenvalue weighted by atomic mass is 19.1. The van der Waals surface area contributed by atoms with Crippen LogP contribution in [-0.2, 0) is 6.61 Å². The lowest BCUT2D eigenvalue weighted by Crippen LogP contribution is -2.15. The molecule has 0 aliphatic carbocycles. The van der Waals surface area contributed by atoms with Gasteiger partial charge in [-0.2, -0.15) is 0 Å². The number of nitrogens with one attached hydrogen (secondary N) is 1. The minimum Gasteiger partial charge on any atom is -0.487 e. The van der Waals surface area contributed by atoms with E-state index in [1.807, 2.05) is 0 Å². The molecule has 0 unspecified atom stereocenters. The summed E-state index contributed by atoms with van der Waals surface area (Å²) in [6.45, 7) is 0.266. The smallest absolute Gasteiger partial charge is 0.248 e. The molecular formula is C12H8FNO2.